The Bertz CT molecular complexity index is 222. The van der Waals surface area contributed by atoms with Gasteiger partial charge in [0.05, 0.1) is 19.0 Å². The van der Waals surface area contributed by atoms with Crippen molar-refractivity contribution >= 4 is 0 Å². The van der Waals surface area contributed by atoms with Crippen LogP contribution in [-0.2, 0) is 0 Å². The second kappa shape index (κ2) is 6.39. The lowest BCUT2D eigenvalue weighted by molar-refractivity contribution is 0.399. The number of rotatable bonds is 2. The van der Waals surface area contributed by atoms with Gasteiger partial charge in [0, 0.05) is 13.2 Å². The number of aromatic nitrogens is 1. The molecule has 0 fully saturated rings. The zero-order chi connectivity index (χ0) is 10.3. The van der Waals surface area contributed by atoms with Crippen molar-refractivity contribution in [3.63, 3.8) is 0 Å². The minimum atomic E-state index is -0.0130. The first-order valence-electron chi connectivity index (χ1n) is 3.94. The van der Waals surface area contributed by atoms with Gasteiger partial charge in [-0.1, -0.05) is 0 Å². The Morgan fingerprint density at radius 3 is 2.38 bits per heavy atom. The van der Waals surface area contributed by atoms with Crippen LogP contribution in [0.1, 0.15) is 18.7 Å². The number of methoxy groups -OCH3 is 1. The smallest absolute Gasteiger partial charge is 0.137 e. The van der Waals surface area contributed by atoms with Gasteiger partial charge in [-0.3, -0.25) is 4.98 Å². The van der Waals surface area contributed by atoms with Crippen LogP contribution in [0.15, 0.2) is 18.3 Å². The number of aliphatic hydroxyl groups is 1. The Kier molecular flexibility index (Phi) is 5.84. The van der Waals surface area contributed by atoms with Crippen LogP contribution in [0.5, 0.6) is 5.75 Å². The molecule has 0 radical (unpaired) electrons. The summed E-state index contributed by atoms with van der Waals surface area (Å²) in [6.07, 6.45) is 1.67. The number of aliphatic hydroxyl groups excluding tert-OH is 1. The third-order valence-electron chi connectivity index (χ3n) is 1.46. The molecule has 4 nitrogen and oxygen atoms in total. The van der Waals surface area contributed by atoms with E-state index in [-0.39, 0.29) is 6.04 Å². The first-order valence-corrected chi connectivity index (χ1v) is 3.94. The lowest BCUT2D eigenvalue weighted by Gasteiger charge is -2.04. The second-order valence-corrected chi connectivity index (χ2v) is 2.41. The lowest BCUT2D eigenvalue weighted by Crippen LogP contribution is -2.06. The molecule has 0 amide bonds. The van der Waals surface area contributed by atoms with Crippen molar-refractivity contribution in [2.45, 2.75) is 13.0 Å². The molecule has 1 unspecified atom stereocenters. The van der Waals surface area contributed by atoms with Crippen LogP contribution in [0, 0.1) is 0 Å². The van der Waals surface area contributed by atoms with E-state index in [9.17, 15) is 0 Å². The SMILES string of the molecule is CO.COc1ccc(C(C)N)nc1. The monoisotopic (exact) mass is 184 g/mol. The van der Waals surface area contributed by atoms with Crippen LogP contribution < -0.4 is 10.5 Å². The van der Waals surface area contributed by atoms with Crippen molar-refractivity contribution in [2.75, 3.05) is 14.2 Å². The van der Waals surface area contributed by atoms with Crippen molar-refractivity contribution in [3.8, 4) is 5.75 Å². The molecule has 3 N–H and O–H groups in total. The molecule has 0 spiro atoms. The summed E-state index contributed by atoms with van der Waals surface area (Å²) in [4.78, 5) is 4.10. The average Bonchev–Trinajstić information content (AvgIpc) is 2.21. The van der Waals surface area contributed by atoms with E-state index < -0.39 is 0 Å². The van der Waals surface area contributed by atoms with Gasteiger partial charge in [0.2, 0.25) is 0 Å². The van der Waals surface area contributed by atoms with Gasteiger partial charge in [-0.05, 0) is 19.1 Å². The van der Waals surface area contributed by atoms with Gasteiger partial charge in [0.25, 0.3) is 0 Å². The molecule has 1 aromatic rings. The third kappa shape index (κ3) is 3.87. The summed E-state index contributed by atoms with van der Waals surface area (Å²) in [5.74, 6) is 0.759. The van der Waals surface area contributed by atoms with Crippen LogP contribution in [0.4, 0.5) is 0 Å². The standard InChI is InChI=1S/C8H12N2O.CH4O/c1-6(9)8-4-3-7(11-2)5-10-8;1-2/h3-6H,9H2,1-2H3;2H,1H3. The molecule has 0 saturated carbocycles. The molecule has 4 heteroatoms. The van der Waals surface area contributed by atoms with Crippen molar-refractivity contribution in [1.29, 1.82) is 0 Å². The highest BCUT2D eigenvalue weighted by Gasteiger charge is 1.99. The van der Waals surface area contributed by atoms with E-state index in [0.29, 0.717) is 0 Å². The topological polar surface area (TPSA) is 68.4 Å². The molecule has 13 heavy (non-hydrogen) atoms. The maximum absolute atomic E-state index is 7.00. The molecule has 0 aliphatic carbocycles. The van der Waals surface area contributed by atoms with E-state index in [4.69, 9.17) is 15.6 Å². The van der Waals surface area contributed by atoms with E-state index in [1.807, 2.05) is 19.1 Å². The zero-order valence-corrected chi connectivity index (χ0v) is 8.19. The molecular formula is C9H16N2O2. The molecule has 0 saturated heterocycles. The highest BCUT2D eigenvalue weighted by molar-refractivity contribution is 5.20. The number of pyridine rings is 1. The predicted molar refractivity (Wildman–Crippen MR) is 51.5 cm³/mol. The molecule has 0 bridgehead atoms. The van der Waals surface area contributed by atoms with Crippen LogP contribution in [-0.4, -0.2) is 24.3 Å². The third-order valence-corrected chi connectivity index (χ3v) is 1.46. The van der Waals surface area contributed by atoms with Crippen molar-refractivity contribution in [1.82, 2.24) is 4.98 Å². The summed E-state index contributed by atoms with van der Waals surface area (Å²) in [6.45, 7) is 1.90. The normalized spacial score (nSPS) is 11.2. The minimum Gasteiger partial charge on any atom is -0.495 e. The van der Waals surface area contributed by atoms with Crippen LogP contribution in [0.25, 0.3) is 0 Å². The van der Waals surface area contributed by atoms with Crippen LogP contribution in [0.3, 0.4) is 0 Å². The highest BCUT2D eigenvalue weighted by Crippen LogP contribution is 2.11. The maximum atomic E-state index is 7.00. The van der Waals surface area contributed by atoms with E-state index in [1.165, 1.54) is 0 Å². The Morgan fingerprint density at radius 2 is 2.08 bits per heavy atom. The van der Waals surface area contributed by atoms with Gasteiger partial charge in [-0.15, -0.1) is 0 Å². The van der Waals surface area contributed by atoms with Gasteiger partial charge < -0.3 is 15.6 Å². The van der Waals surface area contributed by atoms with Gasteiger partial charge in [0.1, 0.15) is 5.75 Å². The van der Waals surface area contributed by atoms with E-state index in [2.05, 4.69) is 4.98 Å². The zero-order valence-electron chi connectivity index (χ0n) is 8.19. The number of nitrogens with zero attached hydrogens (tertiary/aromatic N) is 1. The Hall–Kier alpha value is -1.13. The fourth-order valence-electron chi connectivity index (χ4n) is 0.782. The van der Waals surface area contributed by atoms with Gasteiger partial charge in [-0.25, -0.2) is 0 Å². The summed E-state index contributed by atoms with van der Waals surface area (Å²) in [7, 11) is 2.61. The van der Waals surface area contributed by atoms with Crippen molar-refractivity contribution in [3.05, 3.63) is 24.0 Å². The van der Waals surface area contributed by atoms with E-state index in [1.54, 1.807) is 13.3 Å². The minimum absolute atomic E-state index is 0.0130. The van der Waals surface area contributed by atoms with E-state index in [0.717, 1.165) is 18.6 Å². The molecule has 1 atom stereocenters. The molecule has 1 aromatic heterocycles. The Labute approximate surface area is 78.4 Å². The van der Waals surface area contributed by atoms with Gasteiger partial charge >= 0.3 is 0 Å². The molecule has 0 aliphatic rings. The van der Waals surface area contributed by atoms with Crippen molar-refractivity contribution < 1.29 is 9.84 Å². The van der Waals surface area contributed by atoms with E-state index >= 15 is 0 Å². The summed E-state index contributed by atoms with van der Waals surface area (Å²) < 4.78 is 4.95. The average molecular weight is 184 g/mol. The first-order chi connectivity index (χ1) is 6.24. The highest BCUT2D eigenvalue weighted by atomic mass is 16.5. The van der Waals surface area contributed by atoms with Gasteiger partial charge in [-0.2, -0.15) is 0 Å². The summed E-state index contributed by atoms with van der Waals surface area (Å²) in [5, 5.41) is 7.00. The molecular weight excluding hydrogens is 168 g/mol. The molecule has 1 heterocycles. The quantitative estimate of drug-likeness (QED) is 0.710. The number of hydrogen-bond donors (Lipinski definition) is 2. The Morgan fingerprint density at radius 1 is 1.46 bits per heavy atom. The number of nitrogens with two attached hydrogens (primary N) is 1. The summed E-state index contributed by atoms with van der Waals surface area (Å²) in [6, 6.07) is 3.70. The maximum Gasteiger partial charge on any atom is 0.137 e. The lowest BCUT2D eigenvalue weighted by atomic mass is 10.2. The second-order valence-electron chi connectivity index (χ2n) is 2.41. The van der Waals surface area contributed by atoms with Crippen molar-refractivity contribution in [2.24, 2.45) is 5.73 Å². The Balaban J connectivity index is 0.000000671. The summed E-state index contributed by atoms with van der Waals surface area (Å²) in [5.41, 5.74) is 6.48. The number of hydrogen-bond acceptors (Lipinski definition) is 4. The van der Waals surface area contributed by atoms with Crippen LogP contribution >= 0.6 is 0 Å². The molecule has 1 rings (SSSR count). The molecule has 74 valence electrons. The summed E-state index contributed by atoms with van der Waals surface area (Å²) >= 11 is 0. The van der Waals surface area contributed by atoms with Gasteiger partial charge in [0.15, 0.2) is 0 Å². The fraction of sp³-hybridized carbons (Fsp3) is 0.444. The number of ether oxygens (including phenoxy) is 1. The predicted octanol–water partition coefficient (Wildman–Crippen LogP) is 0.718. The van der Waals surface area contributed by atoms with Crippen LogP contribution in [0.2, 0.25) is 0 Å². The first kappa shape index (κ1) is 11.9. The molecule has 0 aromatic carbocycles. The largest absolute Gasteiger partial charge is 0.495 e. The fourth-order valence-corrected chi connectivity index (χ4v) is 0.782. The molecule has 0 aliphatic heterocycles.